The summed E-state index contributed by atoms with van der Waals surface area (Å²) in [4.78, 5) is 24.8. The number of rotatable bonds is 5. The second-order valence-corrected chi connectivity index (χ2v) is 6.50. The molecule has 1 aliphatic heterocycles. The molecule has 0 unspecified atom stereocenters. The molecular weight excluding hydrogens is 485 g/mol. The third kappa shape index (κ3) is 6.05. The molecule has 0 aliphatic carbocycles. The predicted molar refractivity (Wildman–Crippen MR) is 122 cm³/mol. The van der Waals surface area contributed by atoms with E-state index in [4.69, 9.17) is 4.74 Å². The maximum Gasteiger partial charge on any atom is 0.219 e. The van der Waals surface area contributed by atoms with E-state index in [1.165, 1.54) is 0 Å². The van der Waals surface area contributed by atoms with Crippen LogP contribution >= 0.6 is 24.0 Å². The molecule has 2 aromatic rings. The molecule has 29 heavy (non-hydrogen) atoms. The van der Waals surface area contributed by atoms with E-state index in [-0.39, 0.29) is 29.9 Å². The van der Waals surface area contributed by atoms with Gasteiger partial charge < -0.3 is 19.9 Å². The largest absolute Gasteiger partial charge is 0.497 e. The van der Waals surface area contributed by atoms with Crippen LogP contribution in [0.5, 0.6) is 5.75 Å². The fraction of sp³-hybridized carbons (Fsp3) is 0.474. The highest BCUT2D eigenvalue weighted by Gasteiger charge is 2.21. The highest BCUT2D eigenvalue weighted by Crippen LogP contribution is 2.19. The van der Waals surface area contributed by atoms with Crippen molar-refractivity contribution in [2.75, 3.05) is 39.8 Å². The SMILES string of the molecule is CCNC(=NCc1nc(-c2ccc(OC)cc2)n[nH]1)N1CCN(C(C)=O)CC1.I. The Bertz CT molecular complexity index is 814. The maximum absolute atomic E-state index is 11.5. The first-order chi connectivity index (χ1) is 13.6. The van der Waals surface area contributed by atoms with Crippen molar-refractivity contribution >= 4 is 35.8 Å². The van der Waals surface area contributed by atoms with E-state index in [2.05, 4.69) is 30.4 Å². The zero-order valence-electron chi connectivity index (χ0n) is 17.0. The molecule has 0 bridgehead atoms. The number of piperazine rings is 1. The van der Waals surface area contributed by atoms with Crippen LogP contribution in [0, 0.1) is 0 Å². The molecule has 1 aliphatic rings. The van der Waals surface area contributed by atoms with Crippen LogP contribution in [0.25, 0.3) is 11.4 Å². The Labute approximate surface area is 187 Å². The van der Waals surface area contributed by atoms with E-state index < -0.39 is 0 Å². The third-order valence-corrected chi connectivity index (χ3v) is 4.62. The normalized spacial score (nSPS) is 14.4. The number of guanidine groups is 1. The molecule has 9 nitrogen and oxygen atoms in total. The molecule has 0 radical (unpaired) electrons. The van der Waals surface area contributed by atoms with Crippen LogP contribution in [0.15, 0.2) is 29.3 Å². The van der Waals surface area contributed by atoms with E-state index >= 15 is 0 Å². The van der Waals surface area contributed by atoms with Crippen molar-refractivity contribution < 1.29 is 9.53 Å². The Kier molecular flexibility index (Phi) is 8.68. The van der Waals surface area contributed by atoms with Crippen LogP contribution in [0.2, 0.25) is 0 Å². The third-order valence-electron chi connectivity index (χ3n) is 4.62. The zero-order chi connectivity index (χ0) is 19.9. The molecule has 1 fully saturated rings. The van der Waals surface area contributed by atoms with Crippen molar-refractivity contribution in [2.45, 2.75) is 20.4 Å². The van der Waals surface area contributed by atoms with Crippen molar-refractivity contribution in [2.24, 2.45) is 4.99 Å². The number of H-pyrrole nitrogens is 1. The lowest BCUT2D eigenvalue weighted by Gasteiger charge is -2.36. The standard InChI is InChI=1S/C19H27N7O2.HI/c1-4-20-19(26-11-9-25(10-12-26)14(2)27)21-13-17-22-18(24-23-17)15-5-7-16(28-3)8-6-15;/h5-8H,4,9-13H2,1-3H3,(H,20,21)(H,22,23,24);1H. The van der Waals surface area contributed by atoms with Crippen molar-refractivity contribution in [1.29, 1.82) is 0 Å². The number of methoxy groups -OCH3 is 1. The number of aromatic nitrogens is 3. The van der Waals surface area contributed by atoms with E-state index in [0.29, 0.717) is 31.3 Å². The van der Waals surface area contributed by atoms with Gasteiger partial charge in [0.2, 0.25) is 5.91 Å². The summed E-state index contributed by atoms with van der Waals surface area (Å²) >= 11 is 0. The van der Waals surface area contributed by atoms with Gasteiger partial charge in [0.1, 0.15) is 18.1 Å². The van der Waals surface area contributed by atoms with Gasteiger partial charge in [0.05, 0.1) is 7.11 Å². The van der Waals surface area contributed by atoms with Gasteiger partial charge in [-0.05, 0) is 31.2 Å². The minimum Gasteiger partial charge on any atom is -0.497 e. The fourth-order valence-electron chi connectivity index (χ4n) is 3.04. The summed E-state index contributed by atoms with van der Waals surface area (Å²) in [5.74, 6) is 3.07. The van der Waals surface area contributed by atoms with Crippen LogP contribution in [0.3, 0.4) is 0 Å². The minimum absolute atomic E-state index is 0. The van der Waals surface area contributed by atoms with Gasteiger partial charge in [-0.3, -0.25) is 9.89 Å². The van der Waals surface area contributed by atoms with Gasteiger partial charge in [0, 0.05) is 45.2 Å². The summed E-state index contributed by atoms with van der Waals surface area (Å²) in [5, 5.41) is 10.6. The highest BCUT2D eigenvalue weighted by molar-refractivity contribution is 14.0. The molecule has 1 saturated heterocycles. The van der Waals surface area contributed by atoms with Gasteiger partial charge in [-0.1, -0.05) is 0 Å². The average Bonchev–Trinajstić information content (AvgIpc) is 3.20. The van der Waals surface area contributed by atoms with E-state index in [0.717, 1.165) is 36.9 Å². The average molecular weight is 513 g/mol. The van der Waals surface area contributed by atoms with Gasteiger partial charge >= 0.3 is 0 Å². The lowest BCUT2D eigenvalue weighted by atomic mass is 10.2. The number of nitrogens with zero attached hydrogens (tertiary/aromatic N) is 5. The van der Waals surface area contributed by atoms with E-state index in [1.807, 2.05) is 36.1 Å². The van der Waals surface area contributed by atoms with Crippen LogP contribution in [-0.4, -0.2) is 76.7 Å². The van der Waals surface area contributed by atoms with Crippen molar-refractivity contribution in [1.82, 2.24) is 30.3 Å². The van der Waals surface area contributed by atoms with Crippen LogP contribution in [0.4, 0.5) is 0 Å². The molecule has 0 saturated carbocycles. The first kappa shape index (κ1) is 22.9. The number of aliphatic imine (C=N–C) groups is 1. The Morgan fingerprint density at radius 1 is 1.21 bits per heavy atom. The summed E-state index contributed by atoms with van der Waals surface area (Å²) < 4.78 is 5.18. The molecule has 158 valence electrons. The number of aromatic amines is 1. The summed E-state index contributed by atoms with van der Waals surface area (Å²) in [5.41, 5.74) is 0.916. The van der Waals surface area contributed by atoms with Gasteiger partial charge in [0.15, 0.2) is 11.8 Å². The number of halogens is 1. The summed E-state index contributed by atoms with van der Waals surface area (Å²) in [6, 6.07) is 7.61. The lowest BCUT2D eigenvalue weighted by molar-refractivity contribution is -0.130. The summed E-state index contributed by atoms with van der Waals surface area (Å²) in [6.07, 6.45) is 0. The molecule has 1 amide bonds. The monoisotopic (exact) mass is 513 g/mol. The second kappa shape index (κ2) is 11.0. The Morgan fingerprint density at radius 3 is 2.45 bits per heavy atom. The molecular formula is C19H28IN7O2. The van der Waals surface area contributed by atoms with Gasteiger partial charge in [-0.25, -0.2) is 9.98 Å². The first-order valence-electron chi connectivity index (χ1n) is 9.45. The number of nitrogens with one attached hydrogen (secondary N) is 2. The predicted octanol–water partition coefficient (Wildman–Crippen LogP) is 1.73. The lowest BCUT2D eigenvalue weighted by Crippen LogP contribution is -2.53. The number of hydrogen-bond donors (Lipinski definition) is 2. The number of carbonyl (C=O) groups is 1. The Balaban J connectivity index is 0.00000300. The molecule has 1 aromatic carbocycles. The Morgan fingerprint density at radius 2 is 1.86 bits per heavy atom. The van der Waals surface area contributed by atoms with E-state index in [9.17, 15) is 4.79 Å². The van der Waals surface area contributed by atoms with Crippen molar-refractivity contribution in [3.63, 3.8) is 0 Å². The van der Waals surface area contributed by atoms with Crippen LogP contribution in [-0.2, 0) is 11.3 Å². The fourth-order valence-corrected chi connectivity index (χ4v) is 3.04. The summed E-state index contributed by atoms with van der Waals surface area (Å²) in [7, 11) is 1.64. The molecule has 10 heteroatoms. The highest BCUT2D eigenvalue weighted by atomic mass is 127. The van der Waals surface area contributed by atoms with Crippen molar-refractivity contribution in [3.8, 4) is 17.1 Å². The zero-order valence-corrected chi connectivity index (χ0v) is 19.3. The number of carbonyl (C=O) groups excluding carboxylic acids is 1. The quantitative estimate of drug-likeness (QED) is 0.359. The van der Waals surface area contributed by atoms with Gasteiger partial charge in [-0.15, -0.1) is 24.0 Å². The van der Waals surface area contributed by atoms with Crippen LogP contribution < -0.4 is 10.1 Å². The van der Waals surface area contributed by atoms with Gasteiger partial charge in [0.25, 0.3) is 0 Å². The first-order valence-corrected chi connectivity index (χ1v) is 9.45. The Hall–Kier alpha value is -2.37. The smallest absolute Gasteiger partial charge is 0.219 e. The number of amides is 1. The molecule has 0 atom stereocenters. The molecule has 1 aromatic heterocycles. The molecule has 3 rings (SSSR count). The van der Waals surface area contributed by atoms with Crippen LogP contribution in [0.1, 0.15) is 19.7 Å². The second-order valence-electron chi connectivity index (χ2n) is 6.50. The summed E-state index contributed by atoms with van der Waals surface area (Å²) in [6.45, 7) is 7.78. The maximum atomic E-state index is 11.5. The number of ether oxygens (including phenoxy) is 1. The van der Waals surface area contributed by atoms with Crippen molar-refractivity contribution in [3.05, 3.63) is 30.1 Å². The topological polar surface area (TPSA) is 98.7 Å². The minimum atomic E-state index is 0. The molecule has 2 N–H and O–H groups in total. The molecule has 2 heterocycles. The number of hydrogen-bond acceptors (Lipinski definition) is 5. The number of benzene rings is 1. The van der Waals surface area contributed by atoms with Gasteiger partial charge in [-0.2, -0.15) is 5.10 Å². The van der Waals surface area contributed by atoms with E-state index in [1.54, 1.807) is 14.0 Å². The molecule has 0 spiro atoms.